The van der Waals surface area contributed by atoms with Crippen LogP contribution >= 0.6 is 11.6 Å². The molecule has 0 radical (unpaired) electrons. The topological polar surface area (TPSA) is 75.6 Å². The zero-order valence-corrected chi connectivity index (χ0v) is 11.3. The Hall–Kier alpha value is -1.59. The van der Waals surface area contributed by atoms with Crippen molar-refractivity contribution in [2.45, 2.75) is 19.4 Å². The average molecular weight is 286 g/mol. The van der Waals surface area contributed by atoms with Gasteiger partial charge in [-0.05, 0) is 24.6 Å². The van der Waals surface area contributed by atoms with E-state index in [4.69, 9.17) is 21.4 Å². The summed E-state index contributed by atoms with van der Waals surface area (Å²) in [4.78, 5) is 22.4. The van der Waals surface area contributed by atoms with Crippen LogP contribution in [0, 0.1) is 0 Å². The van der Waals surface area contributed by atoms with Crippen LogP contribution in [0.2, 0.25) is 5.02 Å². The Morgan fingerprint density at radius 3 is 2.53 bits per heavy atom. The standard InChI is InChI=1S/C13H16ClNO4/c1-2-19-8-12(16)15-11(7-13(17)18)9-3-5-10(14)6-4-9/h3-6,11H,2,7-8H2,1H3,(H,15,16)(H,17,18)/t11-/m0/s1. The van der Waals surface area contributed by atoms with Crippen LogP contribution in [-0.4, -0.2) is 30.2 Å². The number of benzene rings is 1. The molecule has 0 saturated carbocycles. The number of carbonyl (C=O) groups is 2. The number of carbonyl (C=O) groups excluding carboxylic acids is 1. The fourth-order valence-electron chi connectivity index (χ4n) is 1.55. The van der Waals surface area contributed by atoms with Crippen molar-refractivity contribution >= 4 is 23.5 Å². The number of ether oxygens (including phenoxy) is 1. The van der Waals surface area contributed by atoms with E-state index in [1.807, 2.05) is 0 Å². The number of carboxylic acid groups (broad SMARTS) is 1. The molecular weight excluding hydrogens is 270 g/mol. The maximum atomic E-state index is 11.6. The van der Waals surface area contributed by atoms with E-state index in [1.54, 1.807) is 31.2 Å². The first-order valence-electron chi connectivity index (χ1n) is 5.87. The summed E-state index contributed by atoms with van der Waals surface area (Å²) in [6.07, 6.45) is -0.195. The lowest BCUT2D eigenvalue weighted by Crippen LogP contribution is -2.33. The Morgan fingerprint density at radius 1 is 1.37 bits per heavy atom. The van der Waals surface area contributed by atoms with Gasteiger partial charge in [-0.15, -0.1) is 0 Å². The van der Waals surface area contributed by atoms with Gasteiger partial charge in [0.05, 0.1) is 12.5 Å². The summed E-state index contributed by atoms with van der Waals surface area (Å²) in [5, 5.41) is 12.1. The van der Waals surface area contributed by atoms with E-state index in [0.29, 0.717) is 17.2 Å². The Labute approximate surface area is 116 Å². The van der Waals surface area contributed by atoms with Gasteiger partial charge >= 0.3 is 5.97 Å². The predicted octanol–water partition coefficient (Wildman–Crippen LogP) is 2.01. The second kappa shape index (κ2) is 7.76. The molecule has 6 heteroatoms. The normalized spacial score (nSPS) is 11.9. The molecule has 5 nitrogen and oxygen atoms in total. The molecule has 104 valence electrons. The summed E-state index contributed by atoms with van der Waals surface area (Å²) in [5.41, 5.74) is 0.691. The minimum absolute atomic E-state index is 0.0831. The zero-order chi connectivity index (χ0) is 14.3. The Bertz CT molecular complexity index is 433. The van der Waals surface area contributed by atoms with Crippen LogP contribution in [0.1, 0.15) is 24.9 Å². The first kappa shape index (κ1) is 15.5. The number of carboxylic acids is 1. The van der Waals surface area contributed by atoms with Gasteiger partial charge < -0.3 is 15.2 Å². The second-order valence-corrected chi connectivity index (χ2v) is 4.34. The van der Waals surface area contributed by atoms with Crippen LogP contribution in [-0.2, 0) is 14.3 Å². The number of nitrogens with one attached hydrogen (secondary N) is 1. The molecule has 1 atom stereocenters. The minimum atomic E-state index is -0.989. The molecule has 0 aliphatic rings. The fourth-order valence-corrected chi connectivity index (χ4v) is 1.68. The van der Waals surface area contributed by atoms with Gasteiger partial charge in [-0.1, -0.05) is 23.7 Å². The lowest BCUT2D eigenvalue weighted by Gasteiger charge is -2.17. The Kier molecular flexibility index (Phi) is 6.32. The van der Waals surface area contributed by atoms with Crippen molar-refractivity contribution in [3.05, 3.63) is 34.9 Å². The van der Waals surface area contributed by atoms with E-state index in [1.165, 1.54) is 0 Å². The van der Waals surface area contributed by atoms with Crippen molar-refractivity contribution in [3.8, 4) is 0 Å². The number of halogens is 1. The van der Waals surface area contributed by atoms with Gasteiger partial charge in [0, 0.05) is 11.6 Å². The third-order valence-electron chi connectivity index (χ3n) is 2.42. The van der Waals surface area contributed by atoms with Crippen LogP contribution in [0.25, 0.3) is 0 Å². The van der Waals surface area contributed by atoms with Crippen LogP contribution in [0.5, 0.6) is 0 Å². The molecule has 0 aromatic heterocycles. The second-order valence-electron chi connectivity index (χ2n) is 3.91. The van der Waals surface area contributed by atoms with E-state index in [-0.39, 0.29) is 18.9 Å². The molecule has 0 fully saturated rings. The third kappa shape index (κ3) is 5.72. The molecule has 0 unspecified atom stereocenters. The van der Waals surface area contributed by atoms with Crippen molar-refractivity contribution in [2.24, 2.45) is 0 Å². The molecule has 0 heterocycles. The molecular formula is C13H16ClNO4. The van der Waals surface area contributed by atoms with E-state index >= 15 is 0 Å². The number of amides is 1. The van der Waals surface area contributed by atoms with Crippen molar-refractivity contribution in [1.82, 2.24) is 5.32 Å². The molecule has 0 bridgehead atoms. The van der Waals surface area contributed by atoms with E-state index in [2.05, 4.69) is 5.32 Å². The third-order valence-corrected chi connectivity index (χ3v) is 2.68. The summed E-state index contributed by atoms with van der Waals surface area (Å²) < 4.78 is 4.98. The summed E-state index contributed by atoms with van der Waals surface area (Å²) in [7, 11) is 0. The van der Waals surface area contributed by atoms with Gasteiger partial charge in [-0.3, -0.25) is 9.59 Å². The van der Waals surface area contributed by atoms with Crippen molar-refractivity contribution < 1.29 is 19.4 Å². The summed E-state index contributed by atoms with van der Waals surface area (Å²) in [6.45, 7) is 2.12. The average Bonchev–Trinajstić information content (AvgIpc) is 2.36. The van der Waals surface area contributed by atoms with Gasteiger partial charge in [0.15, 0.2) is 0 Å². The quantitative estimate of drug-likeness (QED) is 0.803. The van der Waals surface area contributed by atoms with Crippen LogP contribution in [0.4, 0.5) is 0 Å². The molecule has 1 rings (SSSR count). The molecule has 1 aromatic carbocycles. The van der Waals surface area contributed by atoms with E-state index in [9.17, 15) is 9.59 Å². The lowest BCUT2D eigenvalue weighted by molar-refractivity contribution is -0.138. The monoisotopic (exact) mass is 285 g/mol. The van der Waals surface area contributed by atoms with Gasteiger partial charge in [-0.25, -0.2) is 0 Å². The van der Waals surface area contributed by atoms with Crippen molar-refractivity contribution in [2.75, 3.05) is 13.2 Å². The first-order chi connectivity index (χ1) is 9.02. The smallest absolute Gasteiger partial charge is 0.305 e. The minimum Gasteiger partial charge on any atom is -0.481 e. The highest BCUT2D eigenvalue weighted by atomic mass is 35.5. The summed E-state index contributed by atoms with van der Waals surface area (Å²) >= 11 is 5.77. The Morgan fingerprint density at radius 2 is 2.00 bits per heavy atom. The van der Waals surface area contributed by atoms with E-state index in [0.717, 1.165) is 0 Å². The van der Waals surface area contributed by atoms with E-state index < -0.39 is 12.0 Å². The predicted molar refractivity (Wildman–Crippen MR) is 71.1 cm³/mol. The molecule has 0 aliphatic heterocycles. The zero-order valence-electron chi connectivity index (χ0n) is 10.6. The van der Waals surface area contributed by atoms with Gasteiger partial charge in [0.1, 0.15) is 6.61 Å². The van der Waals surface area contributed by atoms with Gasteiger partial charge in [0.2, 0.25) is 5.91 Å². The van der Waals surface area contributed by atoms with Crippen LogP contribution < -0.4 is 5.32 Å². The maximum absolute atomic E-state index is 11.6. The lowest BCUT2D eigenvalue weighted by atomic mass is 10.0. The number of hydrogen-bond donors (Lipinski definition) is 2. The van der Waals surface area contributed by atoms with Gasteiger partial charge in [0.25, 0.3) is 0 Å². The number of aliphatic carboxylic acids is 1. The van der Waals surface area contributed by atoms with Crippen molar-refractivity contribution in [3.63, 3.8) is 0 Å². The summed E-state index contributed by atoms with van der Waals surface area (Å²) in [6, 6.07) is 6.09. The number of hydrogen-bond acceptors (Lipinski definition) is 3. The molecule has 1 aromatic rings. The van der Waals surface area contributed by atoms with Gasteiger partial charge in [-0.2, -0.15) is 0 Å². The Balaban J connectivity index is 2.74. The molecule has 0 aliphatic carbocycles. The highest BCUT2D eigenvalue weighted by Gasteiger charge is 2.17. The first-order valence-corrected chi connectivity index (χ1v) is 6.25. The maximum Gasteiger partial charge on any atom is 0.305 e. The molecule has 0 saturated heterocycles. The largest absolute Gasteiger partial charge is 0.481 e. The SMILES string of the molecule is CCOCC(=O)N[C@@H](CC(=O)O)c1ccc(Cl)cc1. The summed E-state index contributed by atoms with van der Waals surface area (Å²) in [5.74, 6) is -1.33. The fraction of sp³-hybridized carbons (Fsp3) is 0.385. The number of rotatable bonds is 7. The highest BCUT2D eigenvalue weighted by molar-refractivity contribution is 6.30. The van der Waals surface area contributed by atoms with Crippen LogP contribution in [0.15, 0.2) is 24.3 Å². The molecule has 0 spiro atoms. The molecule has 19 heavy (non-hydrogen) atoms. The van der Waals surface area contributed by atoms with Crippen molar-refractivity contribution in [1.29, 1.82) is 0 Å². The molecule has 1 amide bonds. The highest BCUT2D eigenvalue weighted by Crippen LogP contribution is 2.19. The van der Waals surface area contributed by atoms with Crippen LogP contribution in [0.3, 0.4) is 0 Å². The molecule has 2 N–H and O–H groups in total.